The van der Waals surface area contributed by atoms with Gasteiger partial charge in [0.05, 0.1) is 12.3 Å². The summed E-state index contributed by atoms with van der Waals surface area (Å²) in [5.41, 5.74) is 1.79. The molecular formula is C13H14ClNO3S. The summed E-state index contributed by atoms with van der Waals surface area (Å²) in [5, 5.41) is 0.243. The molecule has 2 rings (SSSR count). The molecule has 0 spiro atoms. The van der Waals surface area contributed by atoms with Gasteiger partial charge in [-0.05, 0) is 36.2 Å². The topological polar surface area (TPSA) is 59.3 Å². The van der Waals surface area contributed by atoms with Gasteiger partial charge < -0.3 is 4.42 Å². The molecule has 0 aliphatic carbocycles. The van der Waals surface area contributed by atoms with Crippen LogP contribution in [0.1, 0.15) is 16.9 Å². The molecule has 1 N–H and O–H groups in total. The average molecular weight is 300 g/mol. The molecule has 0 saturated carbocycles. The SMILES string of the molecule is Cc1cccc(CS(=O)(=O)NCc2ccc(Cl)o2)c1. The van der Waals surface area contributed by atoms with Crippen molar-refractivity contribution < 1.29 is 12.8 Å². The fourth-order valence-corrected chi connectivity index (χ4v) is 2.94. The van der Waals surface area contributed by atoms with Gasteiger partial charge in [-0.2, -0.15) is 0 Å². The third-order valence-electron chi connectivity index (χ3n) is 2.53. The van der Waals surface area contributed by atoms with Gasteiger partial charge >= 0.3 is 0 Å². The summed E-state index contributed by atoms with van der Waals surface area (Å²) >= 11 is 5.61. The molecule has 4 nitrogen and oxygen atoms in total. The molecule has 1 aromatic heterocycles. The van der Waals surface area contributed by atoms with Crippen molar-refractivity contribution in [2.24, 2.45) is 0 Å². The molecule has 6 heteroatoms. The number of rotatable bonds is 5. The largest absolute Gasteiger partial charge is 0.448 e. The van der Waals surface area contributed by atoms with Crippen LogP contribution in [0.15, 0.2) is 40.8 Å². The molecule has 0 aliphatic heterocycles. The van der Waals surface area contributed by atoms with E-state index in [9.17, 15) is 8.42 Å². The molecular weight excluding hydrogens is 286 g/mol. The first-order valence-electron chi connectivity index (χ1n) is 5.72. The Morgan fingerprint density at radius 2 is 2.05 bits per heavy atom. The van der Waals surface area contributed by atoms with E-state index in [-0.39, 0.29) is 17.5 Å². The maximum absolute atomic E-state index is 11.9. The molecule has 0 unspecified atom stereocenters. The molecule has 0 atom stereocenters. The van der Waals surface area contributed by atoms with Crippen molar-refractivity contribution in [1.82, 2.24) is 4.72 Å². The summed E-state index contributed by atoms with van der Waals surface area (Å²) in [6.45, 7) is 2.02. The zero-order chi connectivity index (χ0) is 13.9. The van der Waals surface area contributed by atoms with Gasteiger partial charge in [-0.15, -0.1) is 0 Å². The molecule has 1 heterocycles. The second-order valence-electron chi connectivity index (χ2n) is 4.28. The lowest BCUT2D eigenvalue weighted by molar-refractivity contribution is 0.500. The maximum atomic E-state index is 11.9. The number of hydrogen-bond acceptors (Lipinski definition) is 3. The quantitative estimate of drug-likeness (QED) is 0.923. The molecule has 0 aliphatic rings. The second-order valence-corrected chi connectivity index (χ2v) is 6.45. The highest BCUT2D eigenvalue weighted by Crippen LogP contribution is 2.13. The molecule has 19 heavy (non-hydrogen) atoms. The van der Waals surface area contributed by atoms with E-state index in [0.29, 0.717) is 5.76 Å². The van der Waals surface area contributed by atoms with E-state index >= 15 is 0 Å². The maximum Gasteiger partial charge on any atom is 0.216 e. The van der Waals surface area contributed by atoms with Gasteiger partial charge in [-0.1, -0.05) is 29.8 Å². The fourth-order valence-electron chi connectivity index (χ4n) is 1.70. The first kappa shape index (κ1) is 14.1. The van der Waals surface area contributed by atoms with Crippen LogP contribution in [-0.4, -0.2) is 8.42 Å². The smallest absolute Gasteiger partial charge is 0.216 e. The van der Waals surface area contributed by atoms with Crippen LogP contribution in [0.5, 0.6) is 0 Å². The number of furan rings is 1. The van der Waals surface area contributed by atoms with E-state index < -0.39 is 10.0 Å². The molecule has 0 fully saturated rings. The van der Waals surface area contributed by atoms with E-state index in [1.165, 1.54) is 0 Å². The van der Waals surface area contributed by atoms with E-state index in [1.807, 2.05) is 25.1 Å². The summed E-state index contributed by atoms with van der Waals surface area (Å²) in [5.74, 6) is 0.432. The van der Waals surface area contributed by atoms with Gasteiger partial charge in [0.15, 0.2) is 5.22 Å². The predicted molar refractivity (Wildman–Crippen MR) is 74.4 cm³/mol. The van der Waals surface area contributed by atoms with Crippen molar-refractivity contribution in [1.29, 1.82) is 0 Å². The summed E-state index contributed by atoms with van der Waals surface area (Å²) in [7, 11) is -3.39. The normalized spacial score (nSPS) is 11.7. The fraction of sp³-hybridized carbons (Fsp3) is 0.231. The lowest BCUT2D eigenvalue weighted by Crippen LogP contribution is -2.24. The molecule has 0 saturated heterocycles. The second kappa shape index (κ2) is 5.77. The van der Waals surface area contributed by atoms with Gasteiger partial charge in [0, 0.05) is 0 Å². The van der Waals surface area contributed by atoms with Crippen LogP contribution in [0.25, 0.3) is 0 Å². The molecule has 1 aromatic carbocycles. The van der Waals surface area contributed by atoms with Crippen molar-refractivity contribution in [3.63, 3.8) is 0 Å². The number of sulfonamides is 1. The Bertz CT molecular complexity index is 664. The highest BCUT2D eigenvalue weighted by Gasteiger charge is 2.12. The zero-order valence-corrected chi connectivity index (χ0v) is 12.0. The number of halogens is 1. The monoisotopic (exact) mass is 299 g/mol. The standard InChI is InChI=1S/C13H14ClNO3S/c1-10-3-2-4-11(7-10)9-19(16,17)15-8-12-5-6-13(14)18-12/h2-7,15H,8-9H2,1H3. The molecule has 0 bridgehead atoms. The first-order chi connectivity index (χ1) is 8.94. The summed E-state index contributed by atoms with van der Waals surface area (Å²) in [6.07, 6.45) is 0. The Kier molecular flexibility index (Phi) is 4.29. The van der Waals surface area contributed by atoms with E-state index in [1.54, 1.807) is 18.2 Å². The number of aryl methyl sites for hydroxylation is 1. The Balaban J connectivity index is 1.99. The molecule has 2 aromatic rings. The summed E-state index contributed by atoms with van der Waals surface area (Å²) in [6, 6.07) is 10.6. The first-order valence-corrected chi connectivity index (χ1v) is 7.75. The van der Waals surface area contributed by atoms with Gasteiger partial charge in [-0.25, -0.2) is 13.1 Å². The molecule has 0 amide bonds. The minimum atomic E-state index is -3.39. The summed E-state index contributed by atoms with van der Waals surface area (Å²) in [4.78, 5) is 0. The van der Waals surface area contributed by atoms with Gasteiger partial charge in [0.1, 0.15) is 5.76 Å². The van der Waals surface area contributed by atoms with Crippen molar-refractivity contribution in [3.8, 4) is 0 Å². The van der Waals surface area contributed by atoms with Crippen LogP contribution in [0.4, 0.5) is 0 Å². The third kappa shape index (κ3) is 4.38. The number of hydrogen-bond donors (Lipinski definition) is 1. The van der Waals surface area contributed by atoms with Crippen molar-refractivity contribution in [2.75, 3.05) is 0 Å². The Morgan fingerprint density at radius 1 is 1.26 bits per heavy atom. The Labute approximate surface area is 117 Å². The van der Waals surface area contributed by atoms with Crippen molar-refractivity contribution >= 4 is 21.6 Å². The number of benzene rings is 1. The van der Waals surface area contributed by atoms with Crippen LogP contribution >= 0.6 is 11.6 Å². The lowest BCUT2D eigenvalue weighted by Gasteiger charge is -2.06. The van der Waals surface area contributed by atoms with Crippen molar-refractivity contribution in [2.45, 2.75) is 19.2 Å². The molecule has 102 valence electrons. The molecule has 0 radical (unpaired) electrons. The van der Waals surface area contributed by atoms with Crippen LogP contribution in [0, 0.1) is 6.92 Å². The minimum Gasteiger partial charge on any atom is -0.448 e. The van der Waals surface area contributed by atoms with Crippen LogP contribution in [-0.2, 0) is 22.3 Å². The zero-order valence-electron chi connectivity index (χ0n) is 10.4. The van der Waals surface area contributed by atoms with E-state index in [4.69, 9.17) is 16.0 Å². The Hall–Kier alpha value is -1.30. The Morgan fingerprint density at radius 3 is 2.68 bits per heavy atom. The highest BCUT2D eigenvalue weighted by molar-refractivity contribution is 7.88. The van der Waals surface area contributed by atoms with Crippen LogP contribution in [0.2, 0.25) is 5.22 Å². The predicted octanol–water partition coefficient (Wildman–Crippen LogP) is 2.86. The van der Waals surface area contributed by atoms with Crippen LogP contribution in [0.3, 0.4) is 0 Å². The van der Waals surface area contributed by atoms with Crippen LogP contribution < -0.4 is 4.72 Å². The van der Waals surface area contributed by atoms with Gasteiger partial charge in [0.25, 0.3) is 0 Å². The van der Waals surface area contributed by atoms with E-state index in [2.05, 4.69) is 4.72 Å². The number of nitrogens with one attached hydrogen (secondary N) is 1. The summed E-state index contributed by atoms with van der Waals surface area (Å²) < 4.78 is 31.4. The van der Waals surface area contributed by atoms with Gasteiger partial charge in [-0.3, -0.25) is 0 Å². The van der Waals surface area contributed by atoms with E-state index in [0.717, 1.165) is 11.1 Å². The third-order valence-corrected chi connectivity index (χ3v) is 4.04. The minimum absolute atomic E-state index is 0.0525. The lowest BCUT2D eigenvalue weighted by atomic mass is 10.2. The highest BCUT2D eigenvalue weighted by atomic mass is 35.5. The van der Waals surface area contributed by atoms with Gasteiger partial charge in [0.2, 0.25) is 10.0 Å². The van der Waals surface area contributed by atoms with Crippen molar-refractivity contribution in [3.05, 3.63) is 58.5 Å². The average Bonchev–Trinajstić information content (AvgIpc) is 2.72.